The van der Waals surface area contributed by atoms with Crippen molar-refractivity contribution in [3.8, 4) is 0 Å². The second kappa shape index (κ2) is 5.83. The molecule has 1 atom stereocenters. The number of rotatable bonds is 5. The van der Waals surface area contributed by atoms with E-state index in [-0.39, 0.29) is 0 Å². The lowest BCUT2D eigenvalue weighted by molar-refractivity contribution is 0.347. The van der Waals surface area contributed by atoms with Gasteiger partial charge in [-0.2, -0.15) is 0 Å². The molecule has 11 heavy (non-hydrogen) atoms. The van der Waals surface area contributed by atoms with Crippen molar-refractivity contribution in [3.05, 3.63) is 25.1 Å². The third kappa shape index (κ3) is 4.48. The average molecular weight is 154 g/mol. The van der Waals surface area contributed by atoms with Crippen LogP contribution in [0.25, 0.3) is 0 Å². The number of allylic oxidation sites excluding steroid dienone is 1. The second-order valence-electron chi connectivity index (χ2n) is 2.61. The molecule has 0 aliphatic rings. The molecule has 0 saturated carbocycles. The fourth-order valence-electron chi connectivity index (χ4n) is 0.780. The van der Waals surface area contributed by atoms with E-state index in [1.54, 1.807) is 6.20 Å². The van der Waals surface area contributed by atoms with E-state index in [9.17, 15) is 0 Å². The molecule has 0 aromatic carbocycles. The van der Waals surface area contributed by atoms with Crippen LogP contribution in [0.1, 0.15) is 13.8 Å². The van der Waals surface area contributed by atoms with E-state index >= 15 is 0 Å². The topological polar surface area (TPSA) is 15.3 Å². The number of nitrogens with zero attached hydrogens (tertiary/aromatic N) is 1. The minimum absolute atomic E-state index is 0.504. The third-order valence-corrected chi connectivity index (χ3v) is 1.64. The summed E-state index contributed by atoms with van der Waals surface area (Å²) < 4.78 is 0. The molecule has 0 aromatic heterocycles. The highest BCUT2D eigenvalue weighted by atomic mass is 15.1. The molecule has 2 nitrogen and oxygen atoms in total. The van der Waals surface area contributed by atoms with Gasteiger partial charge in [-0.25, -0.2) is 0 Å². The molecule has 0 heterocycles. The lowest BCUT2D eigenvalue weighted by Crippen LogP contribution is -2.32. The Morgan fingerprint density at radius 1 is 1.64 bits per heavy atom. The summed E-state index contributed by atoms with van der Waals surface area (Å²) in [6.07, 6.45) is 5.82. The van der Waals surface area contributed by atoms with Gasteiger partial charge in [0, 0.05) is 19.6 Å². The molecular formula is C9H18N2. The van der Waals surface area contributed by atoms with Crippen LogP contribution in [-0.4, -0.2) is 24.5 Å². The highest BCUT2D eigenvalue weighted by Crippen LogP contribution is 1.93. The molecule has 1 N–H and O–H groups in total. The molecule has 0 amide bonds. The fraction of sp³-hybridized carbons (Fsp3) is 0.556. The van der Waals surface area contributed by atoms with Gasteiger partial charge in [-0.3, -0.25) is 0 Å². The first kappa shape index (κ1) is 10.1. The molecule has 0 radical (unpaired) electrons. The molecule has 0 fully saturated rings. The molecule has 0 aliphatic carbocycles. The smallest absolute Gasteiger partial charge is 0.0425 e. The predicted molar refractivity (Wildman–Crippen MR) is 50.2 cm³/mol. The Hall–Kier alpha value is -0.920. The normalized spacial score (nSPS) is 13.0. The molecule has 64 valence electrons. The Balaban J connectivity index is 3.62. The largest absolute Gasteiger partial charge is 0.389 e. The van der Waals surface area contributed by atoms with Gasteiger partial charge in [0.05, 0.1) is 0 Å². The molecule has 0 aromatic rings. The number of likely N-dealkylation sites (N-methyl/N-ethyl adjacent to an activating group) is 1. The summed E-state index contributed by atoms with van der Waals surface area (Å²) in [6.45, 7) is 8.71. The van der Waals surface area contributed by atoms with E-state index in [1.807, 2.05) is 13.0 Å². The Bertz CT molecular complexity index is 130. The van der Waals surface area contributed by atoms with Crippen LogP contribution < -0.4 is 5.32 Å². The van der Waals surface area contributed by atoms with Crippen LogP contribution in [0, 0.1) is 0 Å². The molecule has 0 spiro atoms. The van der Waals surface area contributed by atoms with Gasteiger partial charge in [0.15, 0.2) is 0 Å². The van der Waals surface area contributed by atoms with Crippen molar-refractivity contribution in [2.75, 3.05) is 13.6 Å². The molecule has 0 unspecified atom stereocenters. The molecule has 0 bridgehead atoms. The minimum Gasteiger partial charge on any atom is -0.389 e. The minimum atomic E-state index is 0.504. The molecular weight excluding hydrogens is 136 g/mol. The zero-order chi connectivity index (χ0) is 8.69. The lowest BCUT2D eigenvalue weighted by Gasteiger charge is -2.22. The highest BCUT2D eigenvalue weighted by Gasteiger charge is 2.01. The molecule has 0 saturated heterocycles. The van der Waals surface area contributed by atoms with Gasteiger partial charge in [0.2, 0.25) is 0 Å². The zero-order valence-corrected chi connectivity index (χ0v) is 7.67. The Kier molecular flexibility index (Phi) is 5.35. The number of hydrogen-bond acceptors (Lipinski definition) is 2. The quantitative estimate of drug-likeness (QED) is 0.646. The maximum atomic E-state index is 3.59. The Morgan fingerprint density at radius 2 is 2.27 bits per heavy atom. The third-order valence-electron chi connectivity index (χ3n) is 1.64. The van der Waals surface area contributed by atoms with Crippen molar-refractivity contribution in [1.82, 2.24) is 10.2 Å². The lowest BCUT2D eigenvalue weighted by atomic mass is 10.3. The van der Waals surface area contributed by atoms with E-state index in [2.05, 4.69) is 37.0 Å². The van der Waals surface area contributed by atoms with Crippen LogP contribution in [0.4, 0.5) is 0 Å². The molecule has 2 heteroatoms. The van der Waals surface area contributed by atoms with Crippen molar-refractivity contribution < 1.29 is 0 Å². The first-order valence-electron chi connectivity index (χ1n) is 3.91. The Labute approximate surface area is 69.6 Å². The first-order chi connectivity index (χ1) is 5.22. The van der Waals surface area contributed by atoms with Crippen LogP contribution in [-0.2, 0) is 0 Å². The fourth-order valence-corrected chi connectivity index (χ4v) is 0.780. The zero-order valence-electron chi connectivity index (χ0n) is 7.67. The van der Waals surface area contributed by atoms with Gasteiger partial charge < -0.3 is 10.2 Å². The summed E-state index contributed by atoms with van der Waals surface area (Å²) in [4.78, 5) is 2.16. The van der Waals surface area contributed by atoms with Crippen molar-refractivity contribution >= 4 is 0 Å². The summed E-state index contributed by atoms with van der Waals surface area (Å²) in [5.74, 6) is 0. The van der Waals surface area contributed by atoms with Crippen LogP contribution in [0.15, 0.2) is 25.1 Å². The van der Waals surface area contributed by atoms with Gasteiger partial charge in [-0.1, -0.05) is 12.7 Å². The summed E-state index contributed by atoms with van der Waals surface area (Å²) in [5.41, 5.74) is 0. The van der Waals surface area contributed by atoms with Crippen molar-refractivity contribution in [1.29, 1.82) is 0 Å². The van der Waals surface area contributed by atoms with Crippen LogP contribution in [0.2, 0.25) is 0 Å². The first-order valence-corrected chi connectivity index (χ1v) is 3.91. The standard InChI is InChI=1S/C9H18N2/c1-5-7-11(4)9(3)8-10-6-2/h5-7,9-10H,2,8H2,1,3-4H3/b7-5-/t9-/m1/s1. The van der Waals surface area contributed by atoms with E-state index in [4.69, 9.17) is 0 Å². The van der Waals surface area contributed by atoms with Crippen molar-refractivity contribution in [2.45, 2.75) is 19.9 Å². The van der Waals surface area contributed by atoms with E-state index in [0.29, 0.717) is 6.04 Å². The van der Waals surface area contributed by atoms with Crippen molar-refractivity contribution in [3.63, 3.8) is 0 Å². The average Bonchev–Trinajstić information content (AvgIpc) is 2.00. The summed E-state index contributed by atoms with van der Waals surface area (Å²) >= 11 is 0. The summed E-state index contributed by atoms with van der Waals surface area (Å²) in [7, 11) is 2.06. The predicted octanol–water partition coefficient (Wildman–Crippen LogP) is 1.57. The molecule has 0 rings (SSSR count). The van der Waals surface area contributed by atoms with Crippen LogP contribution in [0.3, 0.4) is 0 Å². The second-order valence-corrected chi connectivity index (χ2v) is 2.61. The van der Waals surface area contributed by atoms with Gasteiger partial charge in [-0.15, -0.1) is 0 Å². The van der Waals surface area contributed by atoms with Gasteiger partial charge >= 0.3 is 0 Å². The van der Waals surface area contributed by atoms with E-state index in [0.717, 1.165) is 6.54 Å². The summed E-state index contributed by atoms with van der Waals surface area (Å²) in [6, 6.07) is 0.504. The Morgan fingerprint density at radius 3 is 2.73 bits per heavy atom. The highest BCUT2D eigenvalue weighted by molar-refractivity contribution is 4.81. The summed E-state index contributed by atoms with van der Waals surface area (Å²) in [5, 5.41) is 3.08. The SMILES string of the molecule is C=CNC[C@@H](C)N(C)/C=C\C. The maximum Gasteiger partial charge on any atom is 0.0425 e. The van der Waals surface area contributed by atoms with Gasteiger partial charge in [-0.05, 0) is 26.2 Å². The van der Waals surface area contributed by atoms with Gasteiger partial charge in [0.25, 0.3) is 0 Å². The van der Waals surface area contributed by atoms with Gasteiger partial charge in [0.1, 0.15) is 0 Å². The maximum absolute atomic E-state index is 3.59. The van der Waals surface area contributed by atoms with E-state index < -0.39 is 0 Å². The molecule has 0 aliphatic heterocycles. The number of hydrogen-bond donors (Lipinski definition) is 1. The van der Waals surface area contributed by atoms with E-state index in [1.165, 1.54) is 0 Å². The monoisotopic (exact) mass is 154 g/mol. The van der Waals surface area contributed by atoms with Crippen LogP contribution >= 0.6 is 0 Å². The van der Waals surface area contributed by atoms with Crippen molar-refractivity contribution in [2.24, 2.45) is 0 Å². The number of nitrogens with one attached hydrogen (secondary N) is 1. The van der Waals surface area contributed by atoms with Crippen LogP contribution in [0.5, 0.6) is 0 Å².